The smallest absolute Gasteiger partial charge is 0.271 e. The number of nitrogens with one attached hydrogen (secondary N) is 1. The van der Waals surface area contributed by atoms with Crippen LogP contribution in [0.15, 0.2) is 79.9 Å². The maximum Gasteiger partial charge on any atom is 0.271 e. The molecular weight excluding hydrogens is 368 g/mol. The molecule has 6 nitrogen and oxygen atoms in total. The standard InChI is InChI=1S/C18H12N4O2S2/c23-17(12-7-9-19-10-8-12)22-20-11-13-5-6-16(24-13)26-18-21-14-3-1-2-4-15(14)25-18/h1-11H,(H,22,23). The Morgan fingerprint density at radius 1 is 1.15 bits per heavy atom. The molecule has 0 atom stereocenters. The molecule has 3 aromatic heterocycles. The topological polar surface area (TPSA) is 80.4 Å². The van der Waals surface area contributed by atoms with E-state index < -0.39 is 0 Å². The second-order valence-corrected chi connectivity index (χ2v) is 7.42. The summed E-state index contributed by atoms with van der Waals surface area (Å²) in [6.07, 6.45) is 4.56. The summed E-state index contributed by atoms with van der Waals surface area (Å²) in [6.45, 7) is 0. The van der Waals surface area contributed by atoms with Crippen LogP contribution in [-0.4, -0.2) is 22.1 Å². The van der Waals surface area contributed by atoms with Gasteiger partial charge in [-0.05, 0) is 48.2 Å². The van der Waals surface area contributed by atoms with Crippen LogP contribution in [0.5, 0.6) is 0 Å². The van der Waals surface area contributed by atoms with Gasteiger partial charge >= 0.3 is 0 Å². The van der Waals surface area contributed by atoms with E-state index in [9.17, 15) is 4.79 Å². The Balaban J connectivity index is 1.39. The number of benzene rings is 1. The van der Waals surface area contributed by atoms with Gasteiger partial charge in [-0.2, -0.15) is 5.10 Å². The molecule has 128 valence electrons. The van der Waals surface area contributed by atoms with Gasteiger partial charge in [0.05, 0.1) is 16.4 Å². The fourth-order valence-corrected chi connectivity index (χ4v) is 4.13. The third-order valence-electron chi connectivity index (χ3n) is 3.36. The van der Waals surface area contributed by atoms with E-state index in [0.29, 0.717) is 16.4 Å². The molecule has 0 saturated heterocycles. The second-order valence-electron chi connectivity index (χ2n) is 5.14. The van der Waals surface area contributed by atoms with E-state index in [2.05, 4.69) is 20.5 Å². The molecule has 8 heteroatoms. The van der Waals surface area contributed by atoms with Gasteiger partial charge in [0.1, 0.15) is 5.76 Å². The number of thiazole rings is 1. The predicted molar refractivity (Wildman–Crippen MR) is 102 cm³/mol. The van der Waals surface area contributed by atoms with Crippen molar-refractivity contribution in [3.05, 3.63) is 72.2 Å². The minimum Gasteiger partial charge on any atom is -0.448 e. The molecule has 0 saturated carbocycles. The van der Waals surface area contributed by atoms with Crippen molar-refractivity contribution in [3.63, 3.8) is 0 Å². The molecule has 1 aromatic carbocycles. The zero-order valence-corrected chi connectivity index (χ0v) is 15.0. The molecule has 26 heavy (non-hydrogen) atoms. The third-order valence-corrected chi connectivity index (χ3v) is 5.38. The molecule has 1 N–H and O–H groups in total. The summed E-state index contributed by atoms with van der Waals surface area (Å²) < 4.78 is 7.74. The first-order valence-corrected chi connectivity index (χ1v) is 9.28. The number of nitrogens with zero attached hydrogens (tertiary/aromatic N) is 3. The van der Waals surface area contributed by atoms with E-state index in [-0.39, 0.29) is 5.91 Å². The molecule has 0 spiro atoms. The zero-order valence-electron chi connectivity index (χ0n) is 13.3. The average molecular weight is 380 g/mol. The van der Waals surface area contributed by atoms with E-state index in [1.807, 2.05) is 30.3 Å². The van der Waals surface area contributed by atoms with Gasteiger partial charge in [-0.1, -0.05) is 12.1 Å². The Bertz CT molecular complexity index is 1040. The van der Waals surface area contributed by atoms with Crippen molar-refractivity contribution >= 4 is 45.4 Å². The van der Waals surface area contributed by atoms with Crippen LogP contribution in [0, 0.1) is 0 Å². The minimum atomic E-state index is -0.306. The largest absolute Gasteiger partial charge is 0.448 e. The monoisotopic (exact) mass is 380 g/mol. The van der Waals surface area contributed by atoms with Crippen molar-refractivity contribution in [3.8, 4) is 0 Å². The Kier molecular flexibility index (Phi) is 4.76. The molecule has 1 amide bonds. The summed E-state index contributed by atoms with van der Waals surface area (Å²) in [5, 5.41) is 4.63. The second kappa shape index (κ2) is 7.51. The number of hydrogen-bond acceptors (Lipinski definition) is 7. The number of para-hydroxylation sites is 1. The zero-order chi connectivity index (χ0) is 17.8. The average Bonchev–Trinajstić information content (AvgIpc) is 3.28. The molecule has 0 unspecified atom stereocenters. The van der Waals surface area contributed by atoms with Crippen molar-refractivity contribution < 1.29 is 9.21 Å². The number of rotatable bonds is 5. The lowest BCUT2D eigenvalue weighted by Gasteiger charge is -1.97. The van der Waals surface area contributed by atoms with Crippen molar-refractivity contribution in [1.82, 2.24) is 15.4 Å². The Morgan fingerprint density at radius 3 is 2.85 bits per heavy atom. The van der Waals surface area contributed by atoms with Crippen molar-refractivity contribution in [2.24, 2.45) is 5.10 Å². The highest BCUT2D eigenvalue weighted by molar-refractivity contribution is 8.01. The first-order chi connectivity index (χ1) is 12.8. The fraction of sp³-hybridized carbons (Fsp3) is 0. The van der Waals surface area contributed by atoms with Gasteiger partial charge in [0.2, 0.25) is 0 Å². The van der Waals surface area contributed by atoms with Gasteiger partial charge in [-0.3, -0.25) is 9.78 Å². The quantitative estimate of drug-likeness (QED) is 0.415. The van der Waals surface area contributed by atoms with E-state index in [0.717, 1.165) is 14.6 Å². The van der Waals surface area contributed by atoms with Crippen LogP contribution in [0.3, 0.4) is 0 Å². The lowest BCUT2D eigenvalue weighted by atomic mass is 10.3. The maximum atomic E-state index is 11.9. The van der Waals surface area contributed by atoms with Crippen LogP contribution in [0.1, 0.15) is 16.1 Å². The van der Waals surface area contributed by atoms with Gasteiger partial charge in [0.25, 0.3) is 5.91 Å². The molecular formula is C18H12N4O2S2. The van der Waals surface area contributed by atoms with Gasteiger partial charge < -0.3 is 4.42 Å². The number of aromatic nitrogens is 2. The minimum absolute atomic E-state index is 0.306. The molecule has 0 fully saturated rings. The predicted octanol–water partition coefficient (Wildman–Crippen LogP) is 4.20. The first kappa shape index (κ1) is 16.5. The summed E-state index contributed by atoms with van der Waals surface area (Å²) in [4.78, 5) is 20.3. The molecule has 0 aliphatic carbocycles. The van der Waals surface area contributed by atoms with Crippen LogP contribution in [0.4, 0.5) is 0 Å². The van der Waals surface area contributed by atoms with E-state index in [1.54, 1.807) is 41.9 Å². The highest BCUT2D eigenvalue weighted by Crippen LogP contribution is 2.34. The highest BCUT2D eigenvalue weighted by atomic mass is 32.2. The van der Waals surface area contributed by atoms with Crippen molar-refractivity contribution in [2.45, 2.75) is 9.43 Å². The Hall–Kier alpha value is -2.97. The van der Waals surface area contributed by atoms with Gasteiger partial charge in [-0.25, -0.2) is 10.4 Å². The van der Waals surface area contributed by atoms with Crippen LogP contribution in [0.25, 0.3) is 10.2 Å². The highest BCUT2D eigenvalue weighted by Gasteiger charge is 2.08. The summed E-state index contributed by atoms with van der Waals surface area (Å²) in [5.74, 6) is 0.239. The van der Waals surface area contributed by atoms with Gasteiger partial charge in [0, 0.05) is 18.0 Å². The molecule has 4 aromatic rings. The molecule has 0 bridgehead atoms. The maximum absolute atomic E-state index is 11.9. The number of hydrazone groups is 1. The van der Waals surface area contributed by atoms with E-state index >= 15 is 0 Å². The van der Waals surface area contributed by atoms with E-state index in [4.69, 9.17) is 4.42 Å². The fourth-order valence-electron chi connectivity index (χ4n) is 2.16. The molecule has 4 rings (SSSR count). The van der Waals surface area contributed by atoms with Gasteiger partial charge in [-0.15, -0.1) is 11.3 Å². The summed E-state index contributed by atoms with van der Waals surface area (Å²) >= 11 is 3.07. The number of carbonyl (C=O) groups is 1. The summed E-state index contributed by atoms with van der Waals surface area (Å²) in [6, 6.07) is 14.9. The number of furan rings is 1. The number of pyridine rings is 1. The molecule has 0 radical (unpaired) electrons. The molecule has 3 heterocycles. The molecule has 0 aliphatic rings. The van der Waals surface area contributed by atoms with Crippen LogP contribution < -0.4 is 5.43 Å². The number of carbonyl (C=O) groups excluding carboxylic acids is 1. The number of fused-ring (bicyclic) bond motifs is 1. The lowest BCUT2D eigenvalue weighted by molar-refractivity contribution is 0.0955. The van der Waals surface area contributed by atoms with Crippen molar-refractivity contribution in [1.29, 1.82) is 0 Å². The first-order valence-electron chi connectivity index (χ1n) is 7.65. The van der Waals surface area contributed by atoms with Crippen LogP contribution >= 0.6 is 23.1 Å². The number of hydrogen-bond donors (Lipinski definition) is 1. The third kappa shape index (κ3) is 3.81. The Morgan fingerprint density at radius 2 is 2.00 bits per heavy atom. The normalized spacial score (nSPS) is 11.2. The molecule has 0 aliphatic heterocycles. The van der Waals surface area contributed by atoms with Crippen molar-refractivity contribution in [2.75, 3.05) is 0 Å². The lowest BCUT2D eigenvalue weighted by Crippen LogP contribution is -2.17. The SMILES string of the molecule is O=C(NN=Cc1ccc(Sc2nc3ccccc3s2)o1)c1ccncc1. The summed E-state index contributed by atoms with van der Waals surface area (Å²) in [5.41, 5.74) is 3.92. The van der Waals surface area contributed by atoms with Crippen LogP contribution in [0.2, 0.25) is 0 Å². The Labute approximate surface area is 157 Å². The van der Waals surface area contributed by atoms with Gasteiger partial charge in [0.15, 0.2) is 9.43 Å². The van der Waals surface area contributed by atoms with Crippen LogP contribution in [-0.2, 0) is 0 Å². The van der Waals surface area contributed by atoms with E-state index in [1.165, 1.54) is 18.0 Å². The number of amides is 1. The summed E-state index contributed by atoms with van der Waals surface area (Å²) in [7, 11) is 0.